The molecule has 2 rings (SSSR count). The lowest BCUT2D eigenvalue weighted by Gasteiger charge is -2.15. The van der Waals surface area contributed by atoms with Gasteiger partial charge >= 0.3 is 6.18 Å². The summed E-state index contributed by atoms with van der Waals surface area (Å²) in [6, 6.07) is 3.90. The molecule has 1 aromatic carbocycles. The minimum Gasteiger partial charge on any atom is -0.497 e. The Morgan fingerprint density at radius 3 is 2.50 bits per heavy atom. The van der Waals surface area contributed by atoms with Gasteiger partial charge < -0.3 is 10.1 Å². The van der Waals surface area contributed by atoms with Gasteiger partial charge in [0, 0.05) is 6.04 Å². The first-order chi connectivity index (χ1) is 8.00. The van der Waals surface area contributed by atoms with E-state index in [0.717, 1.165) is 25.5 Å². The Bertz CT molecular complexity index is 403. The van der Waals surface area contributed by atoms with E-state index in [-0.39, 0.29) is 24.2 Å². The highest BCUT2D eigenvalue weighted by atomic mass is 35.5. The van der Waals surface area contributed by atoms with E-state index in [0.29, 0.717) is 5.56 Å². The van der Waals surface area contributed by atoms with E-state index in [1.807, 2.05) is 0 Å². The van der Waals surface area contributed by atoms with E-state index in [4.69, 9.17) is 4.74 Å². The van der Waals surface area contributed by atoms with Crippen LogP contribution < -0.4 is 10.1 Å². The van der Waals surface area contributed by atoms with Gasteiger partial charge in [0.15, 0.2) is 0 Å². The minimum atomic E-state index is -4.33. The van der Waals surface area contributed by atoms with Crippen LogP contribution in [0.15, 0.2) is 18.2 Å². The molecule has 1 atom stereocenters. The number of rotatable bonds is 2. The molecule has 18 heavy (non-hydrogen) atoms. The molecule has 0 amide bonds. The molecule has 1 aromatic rings. The van der Waals surface area contributed by atoms with Crippen molar-refractivity contribution in [2.75, 3.05) is 13.7 Å². The molecule has 1 aliphatic rings. The zero-order valence-corrected chi connectivity index (χ0v) is 10.7. The van der Waals surface area contributed by atoms with Gasteiger partial charge in [-0.15, -0.1) is 12.4 Å². The summed E-state index contributed by atoms with van der Waals surface area (Å²) in [4.78, 5) is 0. The van der Waals surface area contributed by atoms with Crippen LogP contribution in [0, 0.1) is 0 Å². The summed E-state index contributed by atoms with van der Waals surface area (Å²) < 4.78 is 43.0. The fourth-order valence-corrected chi connectivity index (χ4v) is 2.07. The van der Waals surface area contributed by atoms with E-state index in [2.05, 4.69) is 5.32 Å². The zero-order valence-electron chi connectivity index (χ0n) is 9.88. The lowest BCUT2D eigenvalue weighted by atomic mass is 10.0. The van der Waals surface area contributed by atoms with E-state index in [1.54, 1.807) is 6.07 Å². The van der Waals surface area contributed by atoms with Crippen LogP contribution in [0.4, 0.5) is 13.2 Å². The maximum atomic E-state index is 12.7. The van der Waals surface area contributed by atoms with Crippen molar-refractivity contribution in [1.82, 2.24) is 5.32 Å². The van der Waals surface area contributed by atoms with Gasteiger partial charge in [-0.2, -0.15) is 13.2 Å². The second-order valence-corrected chi connectivity index (χ2v) is 4.14. The van der Waals surface area contributed by atoms with Gasteiger partial charge in [-0.05, 0) is 43.1 Å². The SMILES string of the molecule is COc1cc([C@H]2CCCN2)cc(C(F)(F)F)c1.Cl. The lowest BCUT2D eigenvalue weighted by Crippen LogP contribution is -2.14. The normalized spacial score (nSPS) is 19.4. The van der Waals surface area contributed by atoms with Crippen LogP contribution in [0.3, 0.4) is 0 Å². The van der Waals surface area contributed by atoms with Gasteiger partial charge in [0.05, 0.1) is 12.7 Å². The number of ether oxygens (including phenoxy) is 1. The highest BCUT2D eigenvalue weighted by molar-refractivity contribution is 5.85. The first-order valence-corrected chi connectivity index (χ1v) is 5.50. The molecule has 0 aromatic heterocycles. The molecule has 0 bridgehead atoms. The number of methoxy groups -OCH3 is 1. The molecule has 1 N–H and O–H groups in total. The van der Waals surface area contributed by atoms with Crippen molar-refractivity contribution in [2.24, 2.45) is 0 Å². The van der Waals surface area contributed by atoms with Crippen LogP contribution in [0.2, 0.25) is 0 Å². The van der Waals surface area contributed by atoms with Crippen molar-refractivity contribution in [3.05, 3.63) is 29.3 Å². The molecule has 2 nitrogen and oxygen atoms in total. The third-order valence-electron chi connectivity index (χ3n) is 2.95. The van der Waals surface area contributed by atoms with Gasteiger partial charge in [0.1, 0.15) is 5.75 Å². The predicted octanol–water partition coefficient (Wildman–Crippen LogP) is 3.56. The summed E-state index contributed by atoms with van der Waals surface area (Å²) in [5, 5.41) is 3.18. The first kappa shape index (κ1) is 15.1. The Kier molecular flexibility index (Phi) is 4.87. The molecule has 0 radical (unpaired) electrons. The molecule has 0 aliphatic carbocycles. The Morgan fingerprint density at radius 1 is 1.28 bits per heavy atom. The monoisotopic (exact) mass is 281 g/mol. The van der Waals surface area contributed by atoms with Crippen molar-refractivity contribution in [2.45, 2.75) is 25.1 Å². The van der Waals surface area contributed by atoms with Gasteiger partial charge in [0.25, 0.3) is 0 Å². The zero-order chi connectivity index (χ0) is 12.5. The molecule has 6 heteroatoms. The van der Waals surface area contributed by atoms with Crippen molar-refractivity contribution in [1.29, 1.82) is 0 Å². The maximum Gasteiger partial charge on any atom is 0.416 e. The molecule has 1 saturated heterocycles. The minimum absolute atomic E-state index is 0. The third-order valence-corrected chi connectivity index (χ3v) is 2.95. The van der Waals surface area contributed by atoms with Crippen LogP contribution in [0.25, 0.3) is 0 Å². The van der Waals surface area contributed by atoms with Crippen molar-refractivity contribution >= 4 is 12.4 Å². The summed E-state index contributed by atoms with van der Waals surface area (Å²) in [6.45, 7) is 0.850. The lowest BCUT2D eigenvalue weighted by molar-refractivity contribution is -0.137. The average molecular weight is 282 g/mol. The highest BCUT2D eigenvalue weighted by Crippen LogP contribution is 2.35. The second-order valence-electron chi connectivity index (χ2n) is 4.14. The number of nitrogens with one attached hydrogen (secondary N) is 1. The molecule has 1 heterocycles. The van der Waals surface area contributed by atoms with Gasteiger partial charge in [-0.1, -0.05) is 0 Å². The van der Waals surface area contributed by atoms with Crippen molar-refractivity contribution in [3.63, 3.8) is 0 Å². The maximum absolute atomic E-state index is 12.7. The summed E-state index contributed by atoms with van der Waals surface area (Å²) in [7, 11) is 1.38. The number of hydrogen-bond donors (Lipinski definition) is 1. The summed E-state index contributed by atoms with van der Waals surface area (Å²) >= 11 is 0. The van der Waals surface area contributed by atoms with Crippen LogP contribution in [-0.4, -0.2) is 13.7 Å². The first-order valence-electron chi connectivity index (χ1n) is 5.50. The van der Waals surface area contributed by atoms with Gasteiger partial charge in [-0.25, -0.2) is 0 Å². The van der Waals surface area contributed by atoms with Gasteiger partial charge in [-0.3, -0.25) is 0 Å². The summed E-state index contributed by atoms with van der Waals surface area (Å²) in [5.41, 5.74) is -0.00488. The van der Waals surface area contributed by atoms with Crippen molar-refractivity contribution in [3.8, 4) is 5.75 Å². The fourth-order valence-electron chi connectivity index (χ4n) is 2.07. The Labute approximate surface area is 110 Å². The van der Waals surface area contributed by atoms with E-state index in [9.17, 15) is 13.2 Å². The van der Waals surface area contributed by atoms with Crippen LogP contribution in [0.1, 0.15) is 30.0 Å². The Morgan fingerprint density at radius 2 is 2.00 bits per heavy atom. The quantitative estimate of drug-likeness (QED) is 0.895. The number of alkyl halides is 3. The van der Waals surface area contributed by atoms with E-state index < -0.39 is 11.7 Å². The molecule has 1 aliphatic heterocycles. The summed E-state index contributed by atoms with van der Waals surface area (Å²) in [6.07, 6.45) is -2.48. The molecular formula is C12H15ClF3NO. The average Bonchev–Trinajstić information content (AvgIpc) is 2.80. The molecule has 1 fully saturated rings. The van der Waals surface area contributed by atoms with Crippen LogP contribution >= 0.6 is 12.4 Å². The predicted molar refractivity (Wildman–Crippen MR) is 65.2 cm³/mol. The smallest absolute Gasteiger partial charge is 0.416 e. The topological polar surface area (TPSA) is 21.3 Å². The standard InChI is InChI=1S/C12H14F3NO.ClH/c1-17-10-6-8(11-3-2-4-16-11)5-9(7-10)12(13,14)15;/h5-7,11,16H,2-4H2,1H3;1H/t11-;/m1./s1. The Balaban J connectivity index is 0.00000162. The number of benzene rings is 1. The molecule has 0 saturated carbocycles. The molecule has 102 valence electrons. The van der Waals surface area contributed by atoms with E-state index >= 15 is 0 Å². The fraction of sp³-hybridized carbons (Fsp3) is 0.500. The Hall–Kier alpha value is -0.940. The molecule has 0 unspecified atom stereocenters. The molecule has 0 spiro atoms. The van der Waals surface area contributed by atoms with Crippen molar-refractivity contribution < 1.29 is 17.9 Å². The van der Waals surface area contributed by atoms with Crippen LogP contribution in [0.5, 0.6) is 5.75 Å². The molecular weight excluding hydrogens is 267 g/mol. The van der Waals surface area contributed by atoms with E-state index in [1.165, 1.54) is 13.2 Å². The number of halogens is 4. The highest BCUT2D eigenvalue weighted by Gasteiger charge is 2.32. The third kappa shape index (κ3) is 3.29. The largest absolute Gasteiger partial charge is 0.497 e. The van der Waals surface area contributed by atoms with Crippen LogP contribution in [-0.2, 0) is 6.18 Å². The number of hydrogen-bond acceptors (Lipinski definition) is 2. The second kappa shape index (κ2) is 5.80. The summed E-state index contributed by atoms with van der Waals surface area (Å²) in [5.74, 6) is 0.253. The van der Waals surface area contributed by atoms with Gasteiger partial charge in [0.2, 0.25) is 0 Å².